The minimum absolute atomic E-state index is 0.184. The lowest BCUT2D eigenvalue weighted by Crippen LogP contribution is -2.06. The molecule has 0 unspecified atom stereocenters. The number of esters is 1. The van der Waals surface area contributed by atoms with E-state index in [2.05, 4.69) is 0 Å². The molecule has 26 heavy (non-hydrogen) atoms. The van der Waals surface area contributed by atoms with E-state index in [-0.39, 0.29) is 11.5 Å². The minimum atomic E-state index is -0.431. The van der Waals surface area contributed by atoms with E-state index in [1.165, 1.54) is 11.3 Å². The third-order valence-electron chi connectivity index (χ3n) is 3.95. The molecule has 5 heteroatoms. The van der Waals surface area contributed by atoms with E-state index in [9.17, 15) is 9.59 Å². The van der Waals surface area contributed by atoms with Gasteiger partial charge in [0.1, 0.15) is 16.4 Å². The predicted molar refractivity (Wildman–Crippen MR) is 99.8 cm³/mol. The highest BCUT2D eigenvalue weighted by Crippen LogP contribution is 2.35. The van der Waals surface area contributed by atoms with Gasteiger partial charge < -0.3 is 9.47 Å². The number of thiophene rings is 1. The van der Waals surface area contributed by atoms with Gasteiger partial charge in [-0.3, -0.25) is 4.79 Å². The van der Waals surface area contributed by atoms with E-state index in [1.807, 2.05) is 36.6 Å². The van der Waals surface area contributed by atoms with Crippen LogP contribution < -0.4 is 9.47 Å². The summed E-state index contributed by atoms with van der Waals surface area (Å²) < 4.78 is 11.0. The second-order valence-corrected chi connectivity index (χ2v) is 6.82. The van der Waals surface area contributed by atoms with Crippen molar-refractivity contribution in [3.05, 3.63) is 87.3 Å². The topological polar surface area (TPSA) is 52.6 Å². The average molecular weight is 362 g/mol. The Morgan fingerprint density at radius 3 is 2.65 bits per heavy atom. The summed E-state index contributed by atoms with van der Waals surface area (Å²) in [5.74, 6) is 0.373. The van der Waals surface area contributed by atoms with Crippen molar-refractivity contribution in [1.29, 1.82) is 0 Å². The summed E-state index contributed by atoms with van der Waals surface area (Å²) in [6.07, 6.45) is 1.71. The highest BCUT2D eigenvalue weighted by molar-refractivity contribution is 7.12. The molecule has 4 rings (SSSR count). The van der Waals surface area contributed by atoms with E-state index in [0.717, 1.165) is 11.1 Å². The van der Waals surface area contributed by atoms with Crippen molar-refractivity contribution in [2.45, 2.75) is 6.92 Å². The molecule has 0 amide bonds. The molecule has 3 aromatic rings. The Morgan fingerprint density at radius 2 is 1.92 bits per heavy atom. The number of ether oxygens (including phenoxy) is 2. The number of hydrogen-bond donors (Lipinski definition) is 0. The SMILES string of the molecule is Cc1ccc(/C=C2\Oc3cc(OC(=O)c4cccs4)ccc3C2=O)cc1. The van der Waals surface area contributed by atoms with Crippen LogP contribution in [0.4, 0.5) is 0 Å². The highest BCUT2D eigenvalue weighted by atomic mass is 32.1. The summed E-state index contributed by atoms with van der Waals surface area (Å²) in [6, 6.07) is 16.1. The molecule has 1 aromatic heterocycles. The first-order chi connectivity index (χ1) is 12.6. The first-order valence-electron chi connectivity index (χ1n) is 8.01. The van der Waals surface area contributed by atoms with Gasteiger partial charge in [0.15, 0.2) is 5.76 Å². The van der Waals surface area contributed by atoms with Gasteiger partial charge in [0.05, 0.1) is 5.56 Å². The van der Waals surface area contributed by atoms with Crippen LogP contribution in [-0.2, 0) is 0 Å². The largest absolute Gasteiger partial charge is 0.452 e. The molecule has 0 saturated carbocycles. The van der Waals surface area contributed by atoms with Crippen LogP contribution in [0.1, 0.15) is 31.2 Å². The summed E-state index contributed by atoms with van der Waals surface area (Å²) >= 11 is 1.31. The molecule has 0 fully saturated rings. The number of benzene rings is 2. The maximum atomic E-state index is 12.5. The molecule has 2 aromatic carbocycles. The Labute approximate surface area is 154 Å². The number of hydrogen-bond acceptors (Lipinski definition) is 5. The normalized spacial score (nSPS) is 14.2. The molecule has 0 atom stereocenters. The van der Waals surface area contributed by atoms with Gasteiger partial charge in [-0.15, -0.1) is 11.3 Å². The molecule has 2 heterocycles. The Hall–Kier alpha value is -3.18. The molecule has 0 bridgehead atoms. The van der Waals surface area contributed by atoms with E-state index >= 15 is 0 Å². The average Bonchev–Trinajstić information content (AvgIpc) is 3.26. The maximum absolute atomic E-state index is 12.5. The van der Waals surface area contributed by atoms with Crippen LogP contribution in [0.15, 0.2) is 65.7 Å². The highest BCUT2D eigenvalue weighted by Gasteiger charge is 2.28. The number of fused-ring (bicyclic) bond motifs is 1. The molecular weight excluding hydrogens is 348 g/mol. The maximum Gasteiger partial charge on any atom is 0.353 e. The molecule has 128 valence electrons. The lowest BCUT2D eigenvalue weighted by atomic mass is 10.1. The van der Waals surface area contributed by atoms with Gasteiger partial charge in [-0.05, 0) is 42.1 Å². The van der Waals surface area contributed by atoms with Gasteiger partial charge in [0, 0.05) is 6.07 Å². The van der Waals surface area contributed by atoms with Gasteiger partial charge >= 0.3 is 5.97 Å². The molecule has 0 radical (unpaired) electrons. The summed E-state index contributed by atoms with van der Waals surface area (Å²) in [5, 5.41) is 1.81. The summed E-state index contributed by atoms with van der Waals surface area (Å²) in [6.45, 7) is 2.00. The van der Waals surface area contributed by atoms with Crippen molar-refractivity contribution in [2.24, 2.45) is 0 Å². The number of Topliss-reactive ketones (excluding diaryl/α,β-unsaturated/α-hetero) is 1. The fraction of sp³-hybridized carbons (Fsp3) is 0.0476. The third-order valence-corrected chi connectivity index (χ3v) is 4.80. The van der Waals surface area contributed by atoms with Crippen LogP contribution in [-0.4, -0.2) is 11.8 Å². The summed E-state index contributed by atoms with van der Waals surface area (Å²) in [4.78, 5) is 25.0. The number of rotatable bonds is 3. The van der Waals surface area contributed by atoms with Crippen LogP contribution >= 0.6 is 11.3 Å². The molecule has 0 N–H and O–H groups in total. The molecule has 4 nitrogen and oxygen atoms in total. The van der Waals surface area contributed by atoms with Crippen molar-refractivity contribution in [1.82, 2.24) is 0 Å². The molecule has 0 aliphatic carbocycles. The van der Waals surface area contributed by atoms with Crippen LogP contribution in [0, 0.1) is 6.92 Å². The lowest BCUT2D eigenvalue weighted by Gasteiger charge is -2.04. The molecule has 0 spiro atoms. The van der Waals surface area contributed by atoms with Crippen molar-refractivity contribution in [3.63, 3.8) is 0 Å². The number of aryl methyl sites for hydroxylation is 1. The zero-order valence-corrected chi connectivity index (χ0v) is 14.7. The third kappa shape index (κ3) is 3.17. The minimum Gasteiger partial charge on any atom is -0.452 e. The van der Waals surface area contributed by atoms with Gasteiger partial charge in [-0.1, -0.05) is 35.9 Å². The number of ketones is 1. The first-order valence-corrected chi connectivity index (χ1v) is 8.89. The van der Waals surface area contributed by atoms with Crippen LogP contribution in [0.3, 0.4) is 0 Å². The number of allylic oxidation sites excluding steroid dienone is 1. The zero-order chi connectivity index (χ0) is 18.1. The van der Waals surface area contributed by atoms with Crippen molar-refractivity contribution >= 4 is 29.2 Å². The van der Waals surface area contributed by atoms with Gasteiger partial charge in [0.25, 0.3) is 0 Å². The smallest absolute Gasteiger partial charge is 0.353 e. The Balaban J connectivity index is 1.56. The fourth-order valence-electron chi connectivity index (χ4n) is 2.60. The quantitative estimate of drug-likeness (QED) is 0.378. The molecule has 1 aliphatic rings. The van der Waals surface area contributed by atoms with Crippen LogP contribution in [0.5, 0.6) is 11.5 Å². The zero-order valence-electron chi connectivity index (χ0n) is 13.9. The Morgan fingerprint density at radius 1 is 1.12 bits per heavy atom. The predicted octanol–water partition coefficient (Wildman–Crippen LogP) is 4.89. The number of carbonyl (C=O) groups excluding carboxylic acids is 2. The fourth-order valence-corrected chi connectivity index (χ4v) is 3.20. The summed E-state index contributed by atoms with van der Waals surface area (Å²) in [7, 11) is 0. The lowest BCUT2D eigenvalue weighted by molar-refractivity contribution is 0.0739. The van der Waals surface area contributed by atoms with Crippen LogP contribution in [0.25, 0.3) is 6.08 Å². The molecule has 0 saturated heterocycles. The van der Waals surface area contributed by atoms with E-state index in [1.54, 1.807) is 36.4 Å². The second kappa shape index (κ2) is 6.61. The monoisotopic (exact) mass is 362 g/mol. The Bertz CT molecular complexity index is 1010. The molecule has 1 aliphatic heterocycles. The van der Waals surface area contributed by atoms with Crippen molar-refractivity contribution < 1.29 is 19.1 Å². The molecular formula is C21H14O4S. The Kier molecular flexibility index (Phi) is 4.14. The second-order valence-electron chi connectivity index (χ2n) is 5.88. The first kappa shape index (κ1) is 16.3. The van der Waals surface area contributed by atoms with Gasteiger partial charge in [0.2, 0.25) is 5.78 Å². The van der Waals surface area contributed by atoms with Gasteiger partial charge in [-0.2, -0.15) is 0 Å². The van der Waals surface area contributed by atoms with Crippen molar-refractivity contribution in [2.75, 3.05) is 0 Å². The number of carbonyl (C=O) groups is 2. The van der Waals surface area contributed by atoms with Gasteiger partial charge in [-0.25, -0.2) is 4.79 Å². The standard InChI is InChI=1S/C21H14O4S/c1-13-4-6-14(7-5-13)11-18-20(22)16-9-8-15(12-17(16)25-18)24-21(23)19-3-2-10-26-19/h2-12H,1H3/b18-11-. The van der Waals surface area contributed by atoms with E-state index in [4.69, 9.17) is 9.47 Å². The van der Waals surface area contributed by atoms with Crippen LogP contribution in [0.2, 0.25) is 0 Å². The summed E-state index contributed by atoms with van der Waals surface area (Å²) in [5.41, 5.74) is 2.49. The van der Waals surface area contributed by atoms with E-state index in [0.29, 0.717) is 21.9 Å². The van der Waals surface area contributed by atoms with Crippen molar-refractivity contribution in [3.8, 4) is 11.5 Å². The van der Waals surface area contributed by atoms with E-state index < -0.39 is 5.97 Å².